The van der Waals surface area contributed by atoms with Gasteiger partial charge in [-0.3, -0.25) is 4.79 Å². The van der Waals surface area contributed by atoms with E-state index in [9.17, 15) is 15.0 Å². The average molecular weight is 270 g/mol. The monoisotopic (exact) mass is 270 g/mol. The normalized spacial score (nSPS) is 12.1. The third-order valence-electron chi connectivity index (χ3n) is 2.70. The molecule has 0 amide bonds. The lowest BCUT2D eigenvalue weighted by molar-refractivity contribution is -0.139. The van der Waals surface area contributed by atoms with E-state index in [2.05, 4.69) is 10.6 Å². The number of nitrogens with one attached hydrogen (secondary N) is 2. The zero-order valence-corrected chi connectivity index (χ0v) is 10.6. The molecule has 7 nitrogen and oxygen atoms in total. The van der Waals surface area contributed by atoms with Crippen LogP contribution in [0.3, 0.4) is 0 Å². The molecule has 0 heterocycles. The standard InChI is InChI=1S/C12H18N2O5/c1-13-9(12(18)19)4-7-5-10(16)11(17)6-8(7)14-2-3-15/h5-6,9,13-17H,2-4H2,1H3,(H,18,19). The Hall–Kier alpha value is -1.99. The molecular weight excluding hydrogens is 252 g/mol. The second-order valence-corrected chi connectivity index (χ2v) is 4.03. The zero-order valence-electron chi connectivity index (χ0n) is 10.6. The van der Waals surface area contributed by atoms with Crippen molar-refractivity contribution in [1.29, 1.82) is 0 Å². The summed E-state index contributed by atoms with van der Waals surface area (Å²) in [5.74, 6) is -1.63. The molecule has 1 aromatic rings. The number of carbonyl (C=O) groups is 1. The van der Waals surface area contributed by atoms with Crippen molar-refractivity contribution < 1.29 is 25.2 Å². The van der Waals surface area contributed by atoms with Gasteiger partial charge in [0, 0.05) is 24.7 Å². The van der Waals surface area contributed by atoms with Gasteiger partial charge < -0.3 is 31.1 Å². The molecular formula is C12H18N2O5. The van der Waals surface area contributed by atoms with Gasteiger partial charge in [0.1, 0.15) is 6.04 Å². The second-order valence-electron chi connectivity index (χ2n) is 4.03. The van der Waals surface area contributed by atoms with Gasteiger partial charge in [-0.05, 0) is 18.7 Å². The molecule has 0 bridgehead atoms. The maximum Gasteiger partial charge on any atom is 0.321 e. The fourth-order valence-electron chi connectivity index (χ4n) is 1.68. The highest BCUT2D eigenvalue weighted by Crippen LogP contribution is 2.32. The van der Waals surface area contributed by atoms with Gasteiger partial charge in [0.25, 0.3) is 0 Å². The molecule has 0 fully saturated rings. The molecule has 1 atom stereocenters. The highest BCUT2D eigenvalue weighted by Gasteiger charge is 2.18. The Morgan fingerprint density at radius 1 is 1.32 bits per heavy atom. The molecule has 0 aliphatic rings. The van der Waals surface area contributed by atoms with Crippen molar-refractivity contribution in [3.05, 3.63) is 17.7 Å². The smallest absolute Gasteiger partial charge is 0.321 e. The Labute approximate surface area is 110 Å². The maximum absolute atomic E-state index is 11.0. The van der Waals surface area contributed by atoms with Crippen LogP contribution in [-0.2, 0) is 11.2 Å². The first-order valence-corrected chi connectivity index (χ1v) is 5.79. The molecule has 0 aromatic heterocycles. The second kappa shape index (κ2) is 6.81. The molecule has 19 heavy (non-hydrogen) atoms. The summed E-state index contributed by atoms with van der Waals surface area (Å²) in [7, 11) is 1.53. The number of rotatable bonds is 7. The third-order valence-corrected chi connectivity index (χ3v) is 2.70. The number of phenols is 2. The van der Waals surface area contributed by atoms with E-state index in [1.807, 2.05) is 0 Å². The predicted molar refractivity (Wildman–Crippen MR) is 69.5 cm³/mol. The van der Waals surface area contributed by atoms with Crippen LogP contribution in [-0.4, -0.2) is 52.6 Å². The largest absolute Gasteiger partial charge is 0.504 e. The molecule has 0 saturated heterocycles. The first-order chi connectivity index (χ1) is 8.99. The van der Waals surface area contributed by atoms with Gasteiger partial charge in [-0.1, -0.05) is 0 Å². The van der Waals surface area contributed by atoms with Crippen LogP contribution >= 0.6 is 0 Å². The van der Waals surface area contributed by atoms with Gasteiger partial charge in [0.2, 0.25) is 0 Å². The minimum atomic E-state index is -1.01. The van der Waals surface area contributed by atoms with E-state index in [1.165, 1.54) is 19.2 Å². The number of benzene rings is 1. The summed E-state index contributed by atoms with van der Waals surface area (Å²) in [6, 6.07) is 1.80. The summed E-state index contributed by atoms with van der Waals surface area (Å²) in [4.78, 5) is 11.0. The molecule has 1 rings (SSSR count). The van der Waals surface area contributed by atoms with Gasteiger partial charge in [0.15, 0.2) is 11.5 Å². The Morgan fingerprint density at radius 3 is 2.47 bits per heavy atom. The average Bonchev–Trinajstić information content (AvgIpc) is 2.37. The molecule has 7 heteroatoms. The van der Waals surface area contributed by atoms with Crippen molar-refractivity contribution in [3.63, 3.8) is 0 Å². The lowest BCUT2D eigenvalue weighted by atomic mass is 10.0. The Kier molecular flexibility index (Phi) is 5.40. The summed E-state index contributed by atoms with van der Waals surface area (Å²) >= 11 is 0. The number of phenolic OH excluding ortho intramolecular Hbond substituents is 2. The van der Waals surface area contributed by atoms with Crippen LogP contribution in [0.15, 0.2) is 12.1 Å². The number of carboxylic acids is 1. The van der Waals surface area contributed by atoms with Crippen LogP contribution in [0.5, 0.6) is 11.5 Å². The maximum atomic E-state index is 11.0. The summed E-state index contributed by atoms with van der Waals surface area (Å²) < 4.78 is 0. The van der Waals surface area contributed by atoms with Crippen molar-refractivity contribution >= 4 is 11.7 Å². The van der Waals surface area contributed by atoms with Crippen molar-refractivity contribution in [3.8, 4) is 11.5 Å². The summed E-state index contributed by atoms with van der Waals surface area (Å²) in [5, 5.41) is 42.2. The van der Waals surface area contributed by atoms with E-state index in [0.717, 1.165) is 0 Å². The zero-order chi connectivity index (χ0) is 14.4. The fraction of sp³-hybridized carbons (Fsp3) is 0.417. The molecule has 6 N–H and O–H groups in total. The van der Waals surface area contributed by atoms with Gasteiger partial charge in [-0.2, -0.15) is 0 Å². The highest BCUT2D eigenvalue weighted by molar-refractivity contribution is 5.74. The van der Waals surface area contributed by atoms with E-state index in [4.69, 9.17) is 10.2 Å². The number of hydrogen-bond donors (Lipinski definition) is 6. The number of aliphatic hydroxyl groups is 1. The van der Waals surface area contributed by atoms with E-state index in [-0.39, 0.29) is 31.1 Å². The summed E-state index contributed by atoms with van der Waals surface area (Å²) in [6.07, 6.45) is 0.132. The molecule has 0 aliphatic heterocycles. The van der Waals surface area contributed by atoms with Gasteiger partial charge in [-0.15, -0.1) is 0 Å². The van der Waals surface area contributed by atoms with E-state index < -0.39 is 12.0 Å². The number of likely N-dealkylation sites (N-methyl/N-ethyl adjacent to an activating group) is 1. The highest BCUT2D eigenvalue weighted by atomic mass is 16.4. The third kappa shape index (κ3) is 4.01. The first kappa shape index (κ1) is 15.1. The lowest BCUT2D eigenvalue weighted by Gasteiger charge is -2.16. The van der Waals surface area contributed by atoms with Crippen molar-refractivity contribution in [1.82, 2.24) is 5.32 Å². The summed E-state index contributed by atoms with van der Waals surface area (Å²) in [5.41, 5.74) is 1.01. The molecule has 0 saturated carbocycles. The molecule has 0 spiro atoms. The number of carboxylic acid groups (broad SMARTS) is 1. The van der Waals surface area contributed by atoms with E-state index >= 15 is 0 Å². The molecule has 0 aliphatic carbocycles. The van der Waals surface area contributed by atoms with Gasteiger partial charge >= 0.3 is 5.97 Å². The minimum absolute atomic E-state index is 0.102. The first-order valence-electron chi connectivity index (χ1n) is 5.79. The van der Waals surface area contributed by atoms with Crippen LogP contribution in [0, 0.1) is 0 Å². The number of aliphatic hydroxyl groups excluding tert-OH is 1. The van der Waals surface area contributed by atoms with Crippen LogP contribution in [0.1, 0.15) is 5.56 Å². The Morgan fingerprint density at radius 2 is 1.95 bits per heavy atom. The van der Waals surface area contributed by atoms with Gasteiger partial charge in [-0.25, -0.2) is 0 Å². The molecule has 1 aromatic carbocycles. The van der Waals surface area contributed by atoms with Crippen LogP contribution in [0.2, 0.25) is 0 Å². The van der Waals surface area contributed by atoms with E-state index in [0.29, 0.717) is 11.3 Å². The number of hydrogen-bond acceptors (Lipinski definition) is 6. The number of anilines is 1. The van der Waals surface area contributed by atoms with Crippen molar-refractivity contribution in [2.45, 2.75) is 12.5 Å². The quantitative estimate of drug-likeness (QED) is 0.297. The summed E-state index contributed by atoms with van der Waals surface area (Å²) in [6.45, 7) is 0.157. The minimum Gasteiger partial charge on any atom is -0.504 e. The molecule has 106 valence electrons. The lowest BCUT2D eigenvalue weighted by Crippen LogP contribution is -2.36. The van der Waals surface area contributed by atoms with Crippen molar-refractivity contribution in [2.24, 2.45) is 0 Å². The SMILES string of the molecule is CNC(Cc1cc(O)c(O)cc1NCCO)C(=O)O. The topological polar surface area (TPSA) is 122 Å². The number of aromatic hydroxyl groups is 2. The van der Waals surface area contributed by atoms with Crippen LogP contribution in [0.4, 0.5) is 5.69 Å². The Bertz CT molecular complexity index is 450. The van der Waals surface area contributed by atoms with Crippen LogP contribution < -0.4 is 10.6 Å². The molecule has 1 unspecified atom stereocenters. The fourth-order valence-corrected chi connectivity index (χ4v) is 1.68. The van der Waals surface area contributed by atoms with Crippen LogP contribution in [0.25, 0.3) is 0 Å². The predicted octanol–water partition coefficient (Wildman–Crippen LogP) is -0.283. The Balaban J connectivity index is 3.02. The molecule has 0 radical (unpaired) electrons. The van der Waals surface area contributed by atoms with Crippen molar-refractivity contribution in [2.75, 3.05) is 25.5 Å². The van der Waals surface area contributed by atoms with E-state index in [1.54, 1.807) is 0 Å². The van der Waals surface area contributed by atoms with Gasteiger partial charge in [0.05, 0.1) is 6.61 Å². The number of aliphatic carboxylic acids is 1.